The molecule has 2 heterocycles. The van der Waals surface area contributed by atoms with Crippen LogP contribution in [0, 0.1) is 0 Å². The van der Waals surface area contributed by atoms with Gasteiger partial charge in [-0.2, -0.15) is 0 Å². The first-order valence-corrected chi connectivity index (χ1v) is 6.13. The molecular formula is C11H22N4O. The lowest BCUT2D eigenvalue weighted by molar-refractivity contribution is 0.171. The summed E-state index contributed by atoms with van der Waals surface area (Å²) in [5, 5.41) is 6.47. The van der Waals surface area contributed by atoms with E-state index >= 15 is 0 Å². The van der Waals surface area contributed by atoms with Gasteiger partial charge in [-0.3, -0.25) is 0 Å². The van der Waals surface area contributed by atoms with Crippen LogP contribution in [0.4, 0.5) is 4.79 Å². The minimum Gasteiger partial charge on any atom is -0.323 e. The summed E-state index contributed by atoms with van der Waals surface area (Å²) in [5.74, 6) is 0. The van der Waals surface area contributed by atoms with E-state index in [1.54, 1.807) is 0 Å². The Kier molecular flexibility index (Phi) is 3.66. The van der Waals surface area contributed by atoms with Gasteiger partial charge in [-0.1, -0.05) is 0 Å². The average molecular weight is 226 g/mol. The molecule has 2 aliphatic rings. The summed E-state index contributed by atoms with van der Waals surface area (Å²) < 4.78 is 0. The molecule has 2 aliphatic heterocycles. The fraction of sp³-hybridized carbons (Fsp3) is 0.909. The van der Waals surface area contributed by atoms with Gasteiger partial charge in [0, 0.05) is 38.3 Å². The zero-order valence-electron chi connectivity index (χ0n) is 10.2. The van der Waals surface area contributed by atoms with Crippen molar-refractivity contribution < 1.29 is 4.79 Å². The first-order chi connectivity index (χ1) is 7.74. The summed E-state index contributed by atoms with van der Waals surface area (Å²) >= 11 is 0. The molecule has 5 nitrogen and oxygen atoms in total. The maximum absolute atomic E-state index is 12.2. The first kappa shape index (κ1) is 11.7. The van der Waals surface area contributed by atoms with Crippen molar-refractivity contribution in [2.75, 3.05) is 40.3 Å². The Bertz CT molecular complexity index is 234. The molecule has 2 amide bonds. The lowest BCUT2D eigenvalue weighted by Gasteiger charge is -2.24. The highest BCUT2D eigenvalue weighted by atomic mass is 16.2. The lowest BCUT2D eigenvalue weighted by Crippen LogP contribution is -2.43. The molecule has 5 heteroatoms. The van der Waals surface area contributed by atoms with Crippen molar-refractivity contribution in [3.63, 3.8) is 0 Å². The van der Waals surface area contributed by atoms with Crippen LogP contribution in [-0.2, 0) is 0 Å². The van der Waals surface area contributed by atoms with Gasteiger partial charge in [0.15, 0.2) is 0 Å². The number of carbonyl (C=O) groups excluding carboxylic acids is 1. The van der Waals surface area contributed by atoms with Gasteiger partial charge >= 0.3 is 6.03 Å². The van der Waals surface area contributed by atoms with Crippen LogP contribution in [0.25, 0.3) is 0 Å². The summed E-state index contributed by atoms with van der Waals surface area (Å²) in [7, 11) is 3.93. The summed E-state index contributed by atoms with van der Waals surface area (Å²) in [5.41, 5.74) is 0. The van der Waals surface area contributed by atoms with Crippen LogP contribution in [-0.4, -0.2) is 68.2 Å². The monoisotopic (exact) mass is 226 g/mol. The Labute approximate surface area is 97.2 Å². The standard InChI is InChI=1S/C11H22N4O/c1-12-9-3-5-14(7-9)11(16)15-6-4-10(8-15)13-2/h9-10,12-13H,3-8H2,1-2H3/t9-,10?/m1/s1. The van der Waals surface area contributed by atoms with Gasteiger partial charge in [0.1, 0.15) is 0 Å². The van der Waals surface area contributed by atoms with Crippen LogP contribution >= 0.6 is 0 Å². The number of likely N-dealkylation sites (N-methyl/N-ethyl adjacent to an activating group) is 2. The molecule has 2 rings (SSSR count). The molecule has 2 atom stereocenters. The predicted octanol–water partition coefficient (Wildman–Crippen LogP) is -0.306. The Hall–Kier alpha value is -0.810. The van der Waals surface area contributed by atoms with Crippen molar-refractivity contribution in [1.29, 1.82) is 0 Å². The van der Waals surface area contributed by atoms with E-state index in [1.165, 1.54) is 0 Å². The third-order valence-electron chi connectivity index (χ3n) is 3.73. The second kappa shape index (κ2) is 5.01. The molecule has 0 saturated carbocycles. The molecular weight excluding hydrogens is 204 g/mol. The Morgan fingerprint density at radius 3 is 1.75 bits per heavy atom. The SMILES string of the molecule is CNC1CCN(C(=O)N2CC[C@@H](NC)C2)C1. The van der Waals surface area contributed by atoms with Crippen LogP contribution in [0.3, 0.4) is 0 Å². The molecule has 0 spiro atoms. The van der Waals surface area contributed by atoms with E-state index in [-0.39, 0.29) is 6.03 Å². The molecule has 0 aromatic carbocycles. The summed E-state index contributed by atoms with van der Waals surface area (Å²) in [6, 6.07) is 1.17. The van der Waals surface area contributed by atoms with Crippen LogP contribution < -0.4 is 10.6 Å². The molecule has 16 heavy (non-hydrogen) atoms. The zero-order valence-corrected chi connectivity index (χ0v) is 10.2. The van der Waals surface area contributed by atoms with Gasteiger partial charge in [-0.15, -0.1) is 0 Å². The minimum absolute atomic E-state index is 0.218. The van der Waals surface area contributed by atoms with E-state index < -0.39 is 0 Å². The van der Waals surface area contributed by atoms with Gasteiger partial charge in [0.25, 0.3) is 0 Å². The third-order valence-corrected chi connectivity index (χ3v) is 3.73. The molecule has 0 aliphatic carbocycles. The van der Waals surface area contributed by atoms with E-state index in [4.69, 9.17) is 0 Å². The number of hydrogen-bond donors (Lipinski definition) is 2. The second-order valence-electron chi connectivity index (χ2n) is 4.72. The fourth-order valence-electron chi connectivity index (χ4n) is 2.54. The van der Waals surface area contributed by atoms with Gasteiger partial charge in [-0.05, 0) is 26.9 Å². The smallest absolute Gasteiger partial charge is 0.320 e. The zero-order chi connectivity index (χ0) is 11.5. The quantitative estimate of drug-likeness (QED) is 0.679. The van der Waals surface area contributed by atoms with Crippen molar-refractivity contribution >= 4 is 6.03 Å². The summed E-state index contributed by atoms with van der Waals surface area (Å²) in [6.45, 7) is 3.50. The minimum atomic E-state index is 0.218. The number of rotatable bonds is 2. The number of likely N-dealkylation sites (tertiary alicyclic amines) is 2. The molecule has 0 aromatic rings. The van der Waals surface area contributed by atoms with Gasteiger partial charge in [0.2, 0.25) is 0 Å². The molecule has 0 radical (unpaired) electrons. The van der Waals surface area contributed by atoms with Gasteiger partial charge < -0.3 is 20.4 Å². The van der Waals surface area contributed by atoms with Crippen molar-refractivity contribution in [1.82, 2.24) is 20.4 Å². The Morgan fingerprint density at radius 2 is 1.44 bits per heavy atom. The van der Waals surface area contributed by atoms with Gasteiger partial charge in [-0.25, -0.2) is 4.79 Å². The normalized spacial score (nSPS) is 30.1. The molecule has 2 saturated heterocycles. The van der Waals surface area contributed by atoms with E-state index in [0.29, 0.717) is 12.1 Å². The summed E-state index contributed by atoms with van der Waals surface area (Å²) in [4.78, 5) is 16.1. The number of nitrogens with one attached hydrogen (secondary N) is 2. The largest absolute Gasteiger partial charge is 0.323 e. The van der Waals surface area contributed by atoms with E-state index in [9.17, 15) is 4.79 Å². The number of nitrogens with zero attached hydrogens (tertiary/aromatic N) is 2. The van der Waals surface area contributed by atoms with E-state index in [2.05, 4.69) is 10.6 Å². The Balaban J connectivity index is 1.84. The molecule has 2 fully saturated rings. The lowest BCUT2D eigenvalue weighted by atomic mass is 10.3. The maximum Gasteiger partial charge on any atom is 0.320 e. The molecule has 2 N–H and O–H groups in total. The van der Waals surface area contributed by atoms with Crippen molar-refractivity contribution in [3.05, 3.63) is 0 Å². The molecule has 0 bridgehead atoms. The first-order valence-electron chi connectivity index (χ1n) is 6.13. The molecule has 0 aromatic heterocycles. The second-order valence-corrected chi connectivity index (χ2v) is 4.72. The molecule has 1 unspecified atom stereocenters. The highest BCUT2D eigenvalue weighted by Gasteiger charge is 2.32. The third kappa shape index (κ3) is 2.30. The highest BCUT2D eigenvalue weighted by Crippen LogP contribution is 2.15. The number of hydrogen-bond acceptors (Lipinski definition) is 3. The van der Waals surface area contributed by atoms with Crippen molar-refractivity contribution in [2.45, 2.75) is 24.9 Å². The van der Waals surface area contributed by atoms with E-state index in [0.717, 1.165) is 39.0 Å². The average Bonchev–Trinajstić information content (AvgIpc) is 2.97. The van der Waals surface area contributed by atoms with Crippen LogP contribution in [0.15, 0.2) is 0 Å². The van der Waals surface area contributed by atoms with Crippen molar-refractivity contribution in [2.24, 2.45) is 0 Å². The van der Waals surface area contributed by atoms with E-state index in [1.807, 2.05) is 23.9 Å². The molecule has 92 valence electrons. The van der Waals surface area contributed by atoms with Crippen LogP contribution in [0.1, 0.15) is 12.8 Å². The topological polar surface area (TPSA) is 47.6 Å². The number of carbonyl (C=O) groups is 1. The van der Waals surface area contributed by atoms with Crippen molar-refractivity contribution in [3.8, 4) is 0 Å². The number of urea groups is 1. The fourth-order valence-corrected chi connectivity index (χ4v) is 2.54. The maximum atomic E-state index is 12.2. The number of amides is 2. The highest BCUT2D eigenvalue weighted by molar-refractivity contribution is 5.75. The Morgan fingerprint density at radius 1 is 1.00 bits per heavy atom. The van der Waals surface area contributed by atoms with Gasteiger partial charge in [0.05, 0.1) is 0 Å². The summed E-state index contributed by atoms with van der Waals surface area (Å²) in [6.07, 6.45) is 2.15. The predicted molar refractivity (Wildman–Crippen MR) is 63.5 cm³/mol. The van der Waals surface area contributed by atoms with Crippen LogP contribution in [0.5, 0.6) is 0 Å². The van der Waals surface area contributed by atoms with Crippen LogP contribution in [0.2, 0.25) is 0 Å².